The number of nitrogens with one attached hydrogen (secondary N) is 1. The van der Waals surface area contributed by atoms with E-state index in [1.54, 1.807) is 14.2 Å². The Labute approximate surface area is 78.6 Å². The number of methoxy groups -OCH3 is 2. The normalized spacial score (nSPS) is 50.6. The van der Waals surface area contributed by atoms with Crippen LogP contribution in [0.15, 0.2) is 0 Å². The Balaban J connectivity index is 2.20. The van der Waals surface area contributed by atoms with Gasteiger partial charge < -0.3 is 14.2 Å². The summed E-state index contributed by atoms with van der Waals surface area (Å²) in [5, 5.41) is 0. The van der Waals surface area contributed by atoms with E-state index in [0.717, 1.165) is 0 Å². The molecule has 1 N–H and O–H groups in total. The molecule has 0 spiro atoms. The largest absolute Gasteiger partial charge is 0.382 e. The molecule has 0 aromatic heterocycles. The zero-order valence-corrected chi connectivity index (χ0v) is 7.78. The number of hydrogen-bond donors (Lipinski definition) is 1. The summed E-state index contributed by atoms with van der Waals surface area (Å²) in [4.78, 5) is 5.21. The molecule has 2 heterocycles. The number of fused-ring (bicyclic) bond motifs is 2. The summed E-state index contributed by atoms with van der Waals surface area (Å²) in [6, 6.07) is 0. The number of rotatable bonds is 3. The summed E-state index contributed by atoms with van der Waals surface area (Å²) in [5.74, 6) is 0. The van der Waals surface area contributed by atoms with Crippen LogP contribution in [0.4, 0.5) is 0 Å². The lowest BCUT2D eigenvalue weighted by Gasteiger charge is -2.37. The molecule has 5 heteroatoms. The van der Waals surface area contributed by atoms with Gasteiger partial charge >= 0.3 is 0 Å². The quantitative estimate of drug-likeness (QED) is 0.640. The van der Waals surface area contributed by atoms with Crippen molar-refractivity contribution in [1.29, 1.82) is 0 Å². The molecule has 2 aliphatic heterocycles. The second-order valence-electron chi connectivity index (χ2n) is 3.31. The molecule has 0 aromatic carbocycles. The molecule has 2 fully saturated rings. The third-order valence-electron chi connectivity index (χ3n) is 2.49. The third kappa shape index (κ3) is 1.37. The smallest absolute Gasteiger partial charge is 0.135 e. The van der Waals surface area contributed by atoms with Gasteiger partial charge in [0, 0.05) is 14.2 Å². The Hall–Kier alpha value is -0.200. The summed E-state index contributed by atoms with van der Waals surface area (Å²) in [7, 11) is 3.20. The molecule has 0 aromatic rings. The Bertz CT molecular complexity index is 214. The second kappa shape index (κ2) is 3.51. The van der Waals surface area contributed by atoms with Gasteiger partial charge in [0.05, 0.1) is 21.1 Å². The molecule has 0 aliphatic carbocycles. The second-order valence-corrected chi connectivity index (χ2v) is 3.31. The van der Waals surface area contributed by atoms with Crippen LogP contribution in [-0.4, -0.2) is 51.8 Å². The van der Waals surface area contributed by atoms with Crippen molar-refractivity contribution in [3.8, 4) is 0 Å². The summed E-state index contributed by atoms with van der Waals surface area (Å²) >= 11 is 0. The van der Waals surface area contributed by atoms with Crippen molar-refractivity contribution >= 4 is 0 Å². The summed E-state index contributed by atoms with van der Waals surface area (Å²) in [6.45, 7) is 0.156. The molecule has 0 amide bonds. The Morgan fingerprint density at radius 2 is 2.54 bits per heavy atom. The predicted octanol–water partition coefficient (Wildman–Crippen LogP) is -0.680. The molecule has 76 valence electrons. The van der Waals surface area contributed by atoms with Gasteiger partial charge in [-0.15, -0.1) is 0 Å². The lowest BCUT2D eigenvalue weighted by molar-refractivity contribution is -0.173. The Morgan fingerprint density at radius 3 is 3.23 bits per heavy atom. The van der Waals surface area contributed by atoms with Crippen LogP contribution in [0.1, 0.15) is 1.37 Å². The minimum atomic E-state index is -0.718. The van der Waals surface area contributed by atoms with Crippen LogP contribution in [0.25, 0.3) is 0 Å². The average molecular weight is 191 g/mol. The van der Waals surface area contributed by atoms with E-state index in [0.29, 0.717) is 13.2 Å². The van der Waals surface area contributed by atoms with Crippen molar-refractivity contribution in [1.82, 2.24) is 5.48 Å². The fourth-order valence-electron chi connectivity index (χ4n) is 1.89. The van der Waals surface area contributed by atoms with Crippen LogP contribution in [0, 0.1) is 0 Å². The van der Waals surface area contributed by atoms with Gasteiger partial charge in [0.25, 0.3) is 0 Å². The zero-order chi connectivity index (χ0) is 10.2. The molecule has 2 saturated heterocycles. The lowest BCUT2D eigenvalue weighted by atomic mass is 9.95. The first-order valence-corrected chi connectivity index (χ1v) is 4.24. The minimum absolute atomic E-state index is 0.244. The van der Waals surface area contributed by atoms with Crippen molar-refractivity contribution in [2.45, 2.75) is 17.8 Å². The fraction of sp³-hybridized carbons (Fsp3) is 1.00. The fourth-order valence-corrected chi connectivity index (χ4v) is 1.89. The first-order chi connectivity index (χ1) is 6.73. The van der Waals surface area contributed by atoms with Gasteiger partial charge in [-0.1, -0.05) is 0 Å². The maximum Gasteiger partial charge on any atom is 0.135 e. The molecular weight excluding hydrogens is 174 g/mol. The van der Waals surface area contributed by atoms with Crippen LogP contribution in [0.5, 0.6) is 0 Å². The number of hydrogen-bond acceptors (Lipinski definition) is 5. The summed E-state index contributed by atoms with van der Waals surface area (Å²) in [6.07, 6.45) is -0.630. The van der Waals surface area contributed by atoms with Gasteiger partial charge in [0.2, 0.25) is 0 Å². The molecule has 2 bridgehead atoms. The average Bonchev–Trinajstić information content (AvgIpc) is 2.30. The van der Waals surface area contributed by atoms with Crippen LogP contribution >= 0.6 is 0 Å². The molecule has 4 atom stereocenters. The first kappa shape index (κ1) is 8.14. The predicted molar refractivity (Wildman–Crippen MR) is 44.2 cm³/mol. The Kier molecular flexibility index (Phi) is 2.20. The highest BCUT2D eigenvalue weighted by atomic mass is 16.7. The number of ether oxygens (including phenoxy) is 3. The molecule has 2 rings (SSSR count). The molecule has 1 unspecified atom stereocenters. The SMILES string of the molecule is [3H][C@@H]1O[C@@]2(COC)CNO[C@H]1C2OC. The zero-order valence-electron chi connectivity index (χ0n) is 8.78. The first-order valence-electron chi connectivity index (χ1n) is 4.81. The standard InChI is InChI=1S/C8H15NO4/c1-10-5-8-4-9-13-6(3-12-8)7(8)11-2/h6-7,9H,3-5H2,1-2H3/t6-,7?,8-/m1/s1/i3T/t3-,6+,7?,8+/m0. The molecule has 5 nitrogen and oxygen atoms in total. The maximum absolute atomic E-state index is 7.67. The van der Waals surface area contributed by atoms with Crippen LogP contribution in [0.2, 0.25) is 0 Å². The van der Waals surface area contributed by atoms with Crippen molar-refractivity contribution in [3.63, 3.8) is 0 Å². The Morgan fingerprint density at radius 1 is 1.69 bits per heavy atom. The highest BCUT2D eigenvalue weighted by Gasteiger charge is 2.54. The topological polar surface area (TPSA) is 49.0 Å². The summed E-state index contributed by atoms with van der Waals surface area (Å²) in [5.41, 5.74) is 2.18. The minimum Gasteiger partial charge on any atom is -0.382 e. The highest BCUT2D eigenvalue weighted by Crippen LogP contribution is 2.32. The monoisotopic (exact) mass is 191 g/mol. The van der Waals surface area contributed by atoms with Gasteiger partial charge in [-0.3, -0.25) is 4.84 Å². The highest BCUT2D eigenvalue weighted by molar-refractivity contribution is 5.02. The van der Waals surface area contributed by atoms with Crippen LogP contribution in [-0.2, 0) is 19.0 Å². The van der Waals surface area contributed by atoms with E-state index in [1.165, 1.54) is 0 Å². The van der Waals surface area contributed by atoms with Gasteiger partial charge in [0.15, 0.2) is 0 Å². The van der Waals surface area contributed by atoms with Gasteiger partial charge in [-0.2, -0.15) is 5.48 Å². The van der Waals surface area contributed by atoms with E-state index < -0.39 is 12.2 Å². The van der Waals surface area contributed by atoms with E-state index in [2.05, 4.69) is 5.48 Å². The van der Waals surface area contributed by atoms with E-state index >= 15 is 0 Å². The van der Waals surface area contributed by atoms with E-state index in [9.17, 15) is 0 Å². The molecular formula is C8H15NO4. The summed E-state index contributed by atoms with van der Waals surface area (Å²) < 4.78 is 23.6. The molecule has 0 radical (unpaired) electrons. The van der Waals surface area contributed by atoms with Gasteiger partial charge in [-0.25, -0.2) is 0 Å². The van der Waals surface area contributed by atoms with Crippen molar-refractivity contribution in [2.24, 2.45) is 0 Å². The maximum atomic E-state index is 7.67. The van der Waals surface area contributed by atoms with Crippen molar-refractivity contribution in [3.05, 3.63) is 0 Å². The van der Waals surface area contributed by atoms with Gasteiger partial charge in [-0.05, 0) is 0 Å². The molecule has 0 saturated carbocycles. The van der Waals surface area contributed by atoms with Crippen LogP contribution < -0.4 is 5.48 Å². The van der Waals surface area contributed by atoms with E-state index in [-0.39, 0.29) is 12.2 Å². The lowest BCUT2D eigenvalue weighted by Crippen LogP contribution is -2.59. The van der Waals surface area contributed by atoms with Gasteiger partial charge in [0.1, 0.15) is 17.8 Å². The number of hydroxylamine groups is 1. The third-order valence-corrected chi connectivity index (χ3v) is 2.49. The van der Waals surface area contributed by atoms with E-state index in [1.807, 2.05) is 0 Å². The molecule has 13 heavy (non-hydrogen) atoms. The van der Waals surface area contributed by atoms with Crippen molar-refractivity contribution < 1.29 is 20.4 Å². The van der Waals surface area contributed by atoms with Crippen molar-refractivity contribution in [2.75, 3.05) is 34.0 Å². The van der Waals surface area contributed by atoms with E-state index in [4.69, 9.17) is 20.4 Å². The van der Waals surface area contributed by atoms with Crippen LogP contribution in [0.3, 0.4) is 0 Å². The molecule has 2 aliphatic rings.